The fraction of sp³-hybridized carbons (Fsp3) is 0.294. The lowest BCUT2D eigenvalue weighted by Gasteiger charge is -2.22. The topological polar surface area (TPSA) is 12.0 Å². The molecule has 1 atom stereocenters. The van der Waals surface area contributed by atoms with E-state index in [1.807, 2.05) is 25.1 Å². The Labute approximate surface area is 114 Å². The Morgan fingerprint density at radius 1 is 1.00 bits per heavy atom. The van der Waals surface area contributed by atoms with Crippen molar-refractivity contribution in [3.05, 3.63) is 70.5 Å². The molecule has 1 N–H and O–H groups in total. The van der Waals surface area contributed by atoms with Gasteiger partial charge in [-0.05, 0) is 43.1 Å². The SMILES string of the molecule is CCNC(c1ccccc1F)c1cccc(C)c1C. The van der Waals surface area contributed by atoms with Crippen molar-refractivity contribution in [3.8, 4) is 0 Å². The third kappa shape index (κ3) is 2.85. The first-order valence-electron chi connectivity index (χ1n) is 6.69. The first-order valence-corrected chi connectivity index (χ1v) is 6.69. The maximum Gasteiger partial charge on any atom is 0.128 e. The van der Waals surface area contributed by atoms with Crippen molar-refractivity contribution in [2.24, 2.45) is 0 Å². The summed E-state index contributed by atoms with van der Waals surface area (Å²) >= 11 is 0. The van der Waals surface area contributed by atoms with E-state index >= 15 is 0 Å². The van der Waals surface area contributed by atoms with Crippen LogP contribution in [-0.4, -0.2) is 6.54 Å². The summed E-state index contributed by atoms with van der Waals surface area (Å²) in [6.45, 7) is 7.02. The van der Waals surface area contributed by atoms with E-state index in [9.17, 15) is 4.39 Å². The van der Waals surface area contributed by atoms with Crippen LogP contribution in [0.3, 0.4) is 0 Å². The Hall–Kier alpha value is -1.67. The highest BCUT2D eigenvalue weighted by Gasteiger charge is 2.18. The van der Waals surface area contributed by atoms with E-state index in [4.69, 9.17) is 0 Å². The molecule has 0 heterocycles. The Morgan fingerprint density at radius 3 is 2.37 bits per heavy atom. The molecule has 2 aromatic carbocycles. The maximum absolute atomic E-state index is 14.0. The predicted molar refractivity (Wildman–Crippen MR) is 77.8 cm³/mol. The summed E-state index contributed by atoms with van der Waals surface area (Å²) in [5.74, 6) is -0.158. The predicted octanol–water partition coefficient (Wildman–Crippen LogP) is 4.14. The van der Waals surface area contributed by atoms with Gasteiger partial charge in [0.15, 0.2) is 0 Å². The maximum atomic E-state index is 14.0. The second-order valence-corrected chi connectivity index (χ2v) is 4.80. The summed E-state index contributed by atoms with van der Waals surface area (Å²) in [6.07, 6.45) is 0. The van der Waals surface area contributed by atoms with Crippen molar-refractivity contribution in [3.63, 3.8) is 0 Å². The number of nitrogens with one attached hydrogen (secondary N) is 1. The zero-order chi connectivity index (χ0) is 13.8. The number of hydrogen-bond donors (Lipinski definition) is 1. The van der Waals surface area contributed by atoms with Crippen molar-refractivity contribution < 1.29 is 4.39 Å². The molecule has 0 saturated carbocycles. The molecule has 2 aromatic rings. The highest BCUT2D eigenvalue weighted by molar-refractivity contribution is 5.41. The van der Waals surface area contributed by atoms with E-state index in [1.54, 1.807) is 6.07 Å². The molecule has 0 radical (unpaired) electrons. The van der Waals surface area contributed by atoms with Gasteiger partial charge in [-0.15, -0.1) is 0 Å². The van der Waals surface area contributed by atoms with Crippen LogP contribution in [0, 0.1) is 19.7 Å². The molecule has 1 nitrogen and oxygen atoms in total. The molecule has 2 heteroatoms. The quantitative estimate of drug-likeness (QED) is 0.868. The third-order valence-corrected chi connectivity index (χ3v) is 3.58. The molecule has 0 aliphatic heterocycles. The van der Waals surface area contributed by atoms with E-state index in [-0.39, 0.29) is 11.9 Å². The number of halogens is 1. The lowest BCUT2D eigenvalue weighted by molar-refractivity contribution is 0.557. The second-order valence-electron chi connectivity index (χ2n) is 4.80. The van der Waals surface area contributed by atoms with Gasteiger partial charge in [0.2, 0.25) is 0 Å². The molecule has 0 fully saturated rings. The molecule has 2 rings (SSSR count). The summed E-state index contributed by atoms with van der Waals surface area (Å²) in [5, 5.41) is 3.38. The molecule has 1 unspecified atom stereocenters. The van der Waals surface area contributed by atoms with Crippen molar-refractivity contribution in [2.45, 2.75) is 26.8 Å². The molecule has 0 aliphatic rings. The zero-order valence-corrected chi connectivity index (χ0v) is 11.7. The summed E-state index contributed by atoms with van der Waals surface area (Å²) in [7, 11) is 0. The van der Waals surface area contributed by atoms with E-state index in [1.165, 1.54) is 17.2 Å². The minimum atomic E-state index is -0.158. The van der Waals surface area contributed by atoms with Crippen LogP contribution >= 0.6 is 0 Å². The number of rotatable bonds is 4. The largest absolute Gasteiger partial charge is 0.306 e. The van der Waals surface area contributed by atoms with Crippen LogP contribution in [-0.2, 0) is 0 Å². The van der Waals surface area contributed by atoms with Crippen LogP contribution in [0.1, 0.15) is 35.2 Å². The van der Waals surface area contributed by atoms with Gasteiger partial charge in [0.25, 0.3) is 0 Å². The van der Waals surface area contributed by atoms with Crippen LogP contribution in [0.4, 0.5) is 4.39 Å². The fourth-order valence-electron chi connectivity index (χ4n) is 2.39. The lowest BCUT2D eigenvalue weighted by Crippen LogP contribution is -2.24. The zero-order valence-electron chi connectivity index (χ0n) is 11.7. The average Bonchev–Trinajstić information content (AvgIpc) is 2.41. The Kier molecular flexibility index (Phi) is 4.33. The highest BCUT2D eigenvalue weighted by Crippen LogP contribution is 2.28. The molecule has 0 spiro atoms. The van der Waals surface area contributed by atoms with Crippen LogP contribution in [0.2, 0.25) is 0 Å². The van der Waals surface area contributed by atoms with Gasteiger partial charge in [0, 0.05) is 5.56 Å². The number of aryl methyl sites for hydroxylation is 1. The Bertz CT molecular complexity index is 563. The monoisotopic (exact) mass is 257 g/mol. The number of hydrogen-bond acceptors (Lipinski definition) is 1. The fourth-order valence-corrected chi connectivity index (χ4v) is 2.39. The average molecular weight is 257 g/mol. The molecule has 100 valence electrons. The summed E-state index contributed by atoms with van der Waals surface area (Å²) in [4.78, 5) is 0. The van der Waals surface area contributed by atoms with Gasteiger partial charge in [-0.25, -0.2) is 4.39 Å². The smallest absolute Gasteiger partial charge is 0.128 e. The molecule has 0 bridgehead atoms. The summed E-state index contributed by atoms with van der Waals surface area (Å²) < 4.78 is 14.0. The van der Waals surface area contributed by atoms with Gasteiger partial charge in [-0.1, -0.05) is 43.3 Å². The normalized spacial score (nSPS) is 12.4. The van der Waals surface area contributed by atoms with Crippen molar-refractivity contribution in [2.75, 3.05) is 6.54 Å². The second kappa shape index (κ2) is 5.98. The highest BCUT2D eigenvalue weighted by atomic mass is 19.1. The van der Waals surface area contributed by atoms with Crippen LogP contribution in [0.5, 0.6) is 0 Å². The van der Waals surface area contributed by atoms with Gasteiger partial charge in [0.1, 0.15) is 5.82 Å². The summed E-state index contributed by atoms with van der Waals surface area (Å²) in [6, 6.07) is 13.1. The van der Waals surface area contributed by atoms with E-state index in [0.29, 0.717) is 5.56 Å². The molecule has 0 amide bonds. The van der Waals surface area contributed by atoms with Gasteiger partial charge in [-0.2, -0.15) is 0 Å². The van der Waals surface area contributed by atoms with Crippen LogP contribution in [0.25, 0.3) is 0 Å². The minimum absolute atomic E-state index is 0.0916. The van der Waals surface area contributed by atoms with E-state index in [2.05, 4.69) is 31.3 Å². The van der Waals surface area contributed by atoms with Crippen molar-refractivity contribution in [1.82, 2.24) is 5.32 Å². The van der Waals surface area contributed by atoms with Crippen LogP contribution < -0.4 is 5.32 Å². The van der Waals surface area contributed by atoms with Gasteiger partial charge in [-0.3, -0.25) is 0 Å². The first-order chi connectivity index (χ1) is 9.15. The molecular formula is C17H20FN. The lowest BCUT2D eigenvalue weighted by atomic mass is 9.92. The number of benzene rings is 2. The molecule has 0 saturated heterocycles. The van der Waals surface area contributed by atoms with Gasteiger partial charge in [0.05, 0.1) is 6.04 Å². The van der Waals surface area contributed by atoms with Crippen molar-refractivity contribution in [1.29, 1.82) is 0 Å². The summed E-state index contributed by atoms with van der Waals surface area (Å²) in [5.41, 5.74) is 4.30. The van der Waals surface area contributed by atoms with Crippen LogP contribution in [0.15, 0.2) is 42.5 Å². The van der Waals surface area contributed by atoms with E-state index < -0.39 is 0 Å². The molecule has 0 aromatic heterocycles. The van der Waals surface area contributed by atoms with Gasteiger partial charge >= 0.3 is 0 Å². The third-order valence-electron chi connectivity index (χ3n) is 3.58. The minimum Gasteiger partial charge on any atom is -0.306 e. The van der Waals surface area contributed by atoms with Gasteiger partial charge < -0.3 is 5.32 Å². The van der Waals surface area contributed by atoms with E-state index in [0.717, 1.165) is 12.1 Å². The molecule has 0 aliphatic carbocycles. The Balaban J connectivity index is 2.52. The standard InChI is InChI=1S/C17H20FN/c1-4-19-17(15-9-5-6-11-16(15)18)14-10-7-8-12(2)13(14)3/h5-11,17,19H,4H2,1-3H3. The Morgan fingerprint density at radius 2 is 1.68 bits per heavy atom. The molecule has 19 heavy (non-hydrogen) atoms. The first kappa shape index (κ1) is 13.8. The van der Waals surface area contributed by atoms with Crippen molar-refractivity contribution >= 4 is 0 Å². The molecular weight excluding hydrogens is 237 g/mol.